The maximum atomic E-state index is 5.31. The van der Waals surface area contributed by atoms with Crippen molar-refractivity contribution in [3.63, 3.8) is 0 Å². The monoisotopic (exact) mass is 329 g/mol. The molecule has 0 aliphatic rings. The van der Waals surface area contributed by atoms with E-state index in [9.17, 15) is 0 Å². The first-order valence-corrected chi connectivity index (χ1v) is 8.30. The van der Waals surface area contributed by atoms with Crippen molar-refractivity contribution in [2.45, 2.75) is 6.54 Å². The summed E-state index contributed by atoms with van der Waals surface area (Å²) in [6.45, 7) is 1.49. The van der Waals surface area contributed by atoms with Gasteiger partial charge in [0.25, 0.3) is 0 Å². The third-order valence-corrected chi connectivity index (χ3v) is 4.41. The minimum atomic E-state index is 0.675. The van der Waals surface area contributed by atoms with E-state index in [1.807, 2.05) is 49.1 Å². The number of aromatic nitrogens is 3. The molecule has 0 fully saturated rings. The summed E-state index contributed by atoms with van der Waals surface area (Å²) in [6, 6.07) is 17.0. The van der Waals surface area contributed by atoms with Gasteiger partial charge in [0, 0.05) is 60.6 Å². The van der Waals surface area contributed by atoms with Crippen LogP contribution >= 0.6 is 0 Å². The predicted molar refractivity (Wildman–Crippen MR) is 100 cm³/mol. The van der Waals surface area contributed by atoms with Crippen LogP contribution in [0.15, 0.2) is 73.3 Å². The van der Waals surface area contributed by atoms with Gasteiger partial charge < -0.3 is 9.30 Å². The van der Waals surface area contributed by atoms with E-state index in [1.165, 1.54) is 27.7 Å². The van der Waals surface area contributed by atoms with Gasteiger partial charge in [0.1, 0.15) is 0 Å². The van der Waals surface area contributed by atoms with E-state index >= 15 is 0 Å². The maximum absolute atomic E-state index is 5.31. The molecule has 4 nitrogen and oxygen atoms in total. The number of methoxy groups -OCH3 is 1. The summed E-state index contributed by atoms with van der Waals surface area (Å²) in [4.78, 5) is 8.23. The lowest BCUT2D eigenvalue weighted by atomic mass is 10.1. The average Bonchev–Trinajstić information content (AvgIpc) is 3.05. The fourth-order valence-electron chi connectivity index (χ4n) is 3.18. The molecule has 0 unspecified atom stereocenters. The minimum absolute atomic E-state index is 0.675. The first kappa shape index (κ1) is 15.5. The highest BCUT2D eigenvalue weighted by Gasteiger charge is 2.11. The molecule has 0 spiro atoms. The second-order valence-corrected chi connectivity index (χ2v) is 5.92. The van der Waals surface area contributed by atoms with Crippen molar-refractivity contribution >= 4 is 10.9 Å². The molecular formula is C21H19N3O. The van der Waals surface area contributed by atoms with Gasteiger partial charge in [-0.25, -0.2) is 0 Å². The van der Waals surface area contributed by atoms with Crippen LogP contribution in [0.4, 0.5) is 0 Å². The van der Waals surface area contributed by atoms with Crippen molar-refractivity contribution < 1.29 is 4.74 Å². The lowest BCUT2D eigenvalue weighted by Crippen LogP contribution is -2.05. The summed E-state index contributed by atoms with van der Waals surface area (Å²) in [6.07, 6.45) is 7.31. The normalized spacial score (nSPS) is 11.1. The summed E-state index contributed by atoms with van der Waals surface area (Å²) < 4.78 is 7.62. The van der Waals surface area contributed by atoms with E-state index < -0.39 is 0 Å². The smallest absolute Gasteiger partial charge is 0.0642 e. The molecule has 0 saturated carbocycles. The van der Waals surface area contributed by atoms with Gasteiger partial charge in [0.05, 0.1) is 6.61 Å². The van der Waals surface area contributed by atoms with Gasteiger partial charge in [0.2, 0.25) is 0 Å². The van der Waals surface area contributed by atoms with E-state index in [2.05, 4.69) is 38.8 Å². The van der Waals surface area contributed by atoms with Crippen LogP contribution in [0.25, 0.3) is 33.3 Å². The molecule has 1 aromatic carbocycles. The van der Waals surface area contributed by atoms with E-state index in [0.717, 1.165) is 12.1 Å². The number of fused-ring (bicyclic) bond motifs is 1. The van der Waals surface area contributed by atoms with Crippen LogP contribution in [0.2, 0.25) is 0 Å². The minimum Gasteiger partial charge on any atom is -0.383 e. The molecule has 4 heteroatoms. The Morgan fingerprint density at radius 1 is 0.800 bits per heavy atom. The largest absolute Gasteiger partial charge is 0.383 e. The van der Waals surface area contributed by atoms with Crippen molar-refractivity contribution in [3.05, 3.63) is 73.3 Å². The van der Waals surface area contributed by atoms with Crippen LogP contribution in [0.1, 0.15) is 0 Å². The Bertz CT molecular complexity index is 978. The number of hydrogen-bond donors (Lipinski definition) is 0. The molecular weight excluding hydrogens is 310 g/mol. The fourth-order valence-corrected chi connectivity index (χ4v) is 3.18. The summed E-state index contributed by atoms with van der Waals surface area (Å²) in [5.41, 5.74) is 5.92. The van der Waals surface area contributed by atoms with Crippen LogP contribution in [0.5, 0.6) is 0 Å². The summed E-state index contributed by atoms with van der Waals surface area (Å²) in [5, 5.41) is 1.22. The molecule has 3 aromatic heterocycles. The van der Waals surface area contributed by atoms with Crippen LogP contribution in [0, 0.1) is 0 Å². The van der Waals surface area contributed by atoms with E-state index in [0.29, 0.717) is 6.61 Å². The number of rotatable bonds is 5. The molecule has 0 aliphatic carbocycles. The Labute approximate surface area is 146 Å². The van der Waals surface area contributed by atoms with Gasteiger partial charge >= 0.3 is 0 Å². The molecule has 0 amide bonds. The van der Waals surface area contributed by atoms with Gasteiger partial charge in [-0.1, -0.05) is 6.07 Å². The highest BCUT2D eigenvalue weighted by Crippen LogP contribution is 2.31. The Morgan fingerprint density at radius 2 is 1.48 bits per heavy atom. The van der Waals surface area contributed by atoms with Crippen molar-refractivity contribution in [1.82, 2.24) is 14.5 Å². The first-order chi connectivity index (χ1) is 12.4. The maximum Gasteiger partial charge on any atom is 0.0642 e. The van der Waals surface area contributed by atoms with Crippen molar-refractivity contribution in [2.24, 2.45) is 0 Å². The standard InChI is InChI=1S/C21H19N3O/c1-25-13-12-24-20-3-2-18(16-4-8-22-9-5-16)14-19(20)15-21(24)17-6-10-23-11-7-17/h2-11,14-15H,12-13H2,1H3. The Morgan fingerprint density at radius 3 is 2.16 bits per heavy atom. The average molecular weight is 329 g/mol. The van der Waals surface area contributed by atoms with Crippen LogP contribution in [0.3, 0.4) is 0 Å². The third-order valence-electron chi connectivity index (χ3n) is 4.41. The molecule has 0 radical (unpaired) electrons. The molecule has 0 bridgehead atoms. The molecule has 124 valence electrons. The molecule has 0 aliphatic heterocycles. The van der Waals surface area contributed by atoms with Crippen molar-refractivity contribution in [3.8, 4) is 22.4 Å². The zero-order valence-electron chi connectivity index (χ0n) is 14.1. The Balaban J connectivity index is 1.86. The highest BCUT2D eigenvalue weighted by molar-refractivity contribution is 5.90. The molecule has 0 saturated heterocycles. The quantitative estimate of drug-likeness (QED) is 0.544. The Hall–Kier alpha value is -2.98. The van der Waals surface area contributed by atoms with Crippen molar-refractivity contribution in [1.29, 1.82) is 0 Å². The van der Waals surface area contributed by atoms with Gasteiger partial charge in [-0.3, -0.25) is 9.97 Å². The topological polar surface area (TPSA) is 39.9 Å². The molecule has 3 heterocycles. The van der Waals surface area contributed by atoms with E-state index in [1.54, 1.807) is 7.11 Å². The predicted octanol–water partition coefficient (Wildman–Crippen LogP) is 4.41. The third kappa shape index (κ3) is 3.04. The van der Waals surface area contributed by atoms with E-state index in [4.69, 9.17) is 4.74 Å². The summed E-state index contributed by atoms with van der Waals surface area (Å²) in [5.74, 6) is 0. The Kier molecular flexibility index (Phi) is 4.27. The van der Waals surface area contributed by atoms with Gasteiger partial charge in [-0.2, -0.15) is 0 Å². The van der Waals surface area contributed by atoms with Crippen molar-refractivity contribution in [2.75, 3.05) is 13.7 Å². The number of nitrogens with zero attached hydrogens (tertiary/aromatic N) is 3. The van der Waals surface area contributed by atoms with Gasteiger partial charge in [-0.15, -0.1) is 0 Å². The van der Waals surface area contributed by atoms with Gasteiger partial charge in [-0.05, 0) is 53.6 Å². The van der Waals surface area contributed by atoms with Crippen LogP contribution in [-0.4, -0.2) is 28.3 Å². The summed E-state index contributed by atoms with van der Waals surface area (Å²) >= 11 is 0. The summed E-state index contributed by atoms with van der Waals surface area (Å²) in [7, 11) is 1.74. The fraction of sp³-hybridized carbons (Fsp3) is 0.143. The molecule has 0 atom stereocenters. The SMILES string of the molecule is COCCn1c(-c2ccncc2)cc2cc(-c3ccncc3)ccc21. The van der Waals surface area contributed by atoms with E-state index in [-0.39, 0.29) is 0 Å². The number of benzene rings is 1. The molecule has 25 heavy (non-hydrogen) atoms. The lowest BCUT2D eigenvalue weighted by Gasteiger charge is -2.10. The first-order valence-electron chi connectivity index (χ1n) is 8.30. The second kappa shape index (κ2) is 6.87. The molecule has 4 aromatic rings. The van der Waals surface area contributed by atoms with Crippen LogP contribution in [-0.2, 0) is 11.3 Å². The lowest BCUT2D eigenvalue weighted by molar-refractivity contribution is 0.189. The zero-order valence-corrected chi connectivity index (χ0v) is 14.1. The van der Waals surface area contributed by atoms with Gasteiger partial charge in [0.15, 0.2) is 0 Å². The number of ether oxygens (including phenoxy) is 1. The van der Waals surface area contributed by atoms with Crippen LogP contribution < -0.4 is 0 Å². The highest BCUT2D eigenvalue weighted by atomic mass is 16.5. The number of hydrogen-bond acceptors (Lipinski definition) is 3. The molecule has 4 rings (SSSR count). The number of pyridine rings is 2. The molecule has 0 N–H and O–H groups in total. The zero-order chi connectivity index (χ0) is 17.1. The second-order valence-electron chi connectivity index (χ2n) is 5.92.